The Morgan fingerprint density at radius 1 is 0.352 bits per heavy atom. The summed E-state index contributed by atoms with van der Waals surface area (Å²) >= 11 is 0. The van der Waals surface area contributed by atoms with Crippen molar-refractivity contribution < 1.29 is 15.0 Å². The van der Waals surface area contributed by atoms with Crippen molar-refractivity contribution in [3.05, 3.63) is 122 Å². The summed E-state index contributed by atoms with van der Waals surface area (Å²) in [6, 6.07) is -0.664. The van der Waals surface area contributed by atoms with Crippen molar-refractivity contribution in [3.63, 3.8) is 0 Å². The lowest BCUT2D eigenvalue weighted by atomic mass is 10.0. The lowest BCUT2D eigenvalue weighted by Gasteiger charge is -2.19. The first-order valence-electron chi connectivity index (χ1n) is 30.2. The normalized spacial score (nSPS) is 13.7. The maximum atomic E-state index is 12.5. The van der Waals surface area contributed by atoms with Crippen LogP contribution in [0.25, 0.3) is 0 Å². The Kier molecular flexibility index (Phi) is 58.3. The third kappa shape index (κ3) is 57.6. The molecule has 0 heterocycles. The fourth-order valence-corrected chi connectivity index (χ4v) is 8.62. The third-order valence-corrected chi connectivity index (χ3v) is 13.2. The average molecular weight is 983 g/mol. The van der Waals surface area contributed by atoms with Crippen molar-refractivity contribution >= 4 is 5.91 Å². The largest absolute Gasteiger partial charge is 0.394 e. The number of amides is 1. The van der Waals surface area contributed by atoms with Gasteiger partial charge in [0.2, 0.25) is 5.91 Å². The second kappa shape index (κ2) is 61.1. The van der Waals surface area contributed by atoms with Gasteiger partial charge in [-0.15, -0.1) is 0 Å². The Labute approximate surface area is 441 Å². The van der Waals surface area contributed by atoms with Crippen LogP contribution >= 0.6 is 0 Å². The van der Waals surface area contributed by atoms with Gasteiger partial charge in [-0.3, -0.25) is 4.79 Å². The minimum absolute atomic E-state index is 0.101. The molecule has 2 unspecified atom stereocenters. The lowest BCUT2D eigenvalue weighted by molar-refractivity contribution is -0.123. The molecule has 0 saturated heterocycles. The van der Waals surface area contributed by atoms with Crippen LogP contribution in [0.4, 0.5) is 0 Å². The van der Waals surface area contributed by atoms with Gasteiger partial charge in [-0.1, -0.05) is 296 Å². The summed E-state index contributed by atoms with van der Waals surface area (Å²) in [6.45, 7) is 4.19. The number of allylic oxidation sites excluding steroid dienone is 19. The first kappa shape index (κ1) is 67.8. The summed E-state index contributed by atoms with van der Waals surface area (Å²) < 4.78 is 0. The molecule has 71 heavy (non-hydrogen) atoms. The SMILES string of the molecule is CC/C=C\C/C=C\C/C=C\C/C=C\C/C=C\C/C=C\C/C=C\C/C=C\CCCCCCC(=O)NC(CO)C(O)/C=C/CC/C=C/CCCCCCCCCCCCCCCCCCCCCCCCCC. The number of hydrogen-bond donors (Lipinski definition) is 3. The van der Waals surface area contributed by atoms with Gasteiger partial charge < -0.3 is 15.5 Å². The van der Waals surface area contributed by atoms with Crippen LogP contribution in [0.1, 0.15) is 277 Å². The molecular weight excluding hydrogens is 867 g/mol. The summed E-state index contributed by atoms with van der Waals surface area (Å²) in [4.78, 5) is 12.5. The van der Waals surface area contributed by atoms with E-state index in [1.54, 1.807) is 6.08 Å². The quantitative estimate of drug-likeness (QED) is 0.0420. The zero-order valence-electron chi connectivity index (χ0n) is 46.7. The number of unbranched alkanes of at least 4 members (excludes halogenated alkanes) is 29. The minimum atomic E-state index is -0.884. The van der Waals surface area contributed by atoms with Crippen molar-refractivity contribution in [1.29, 1.82) is 0 Å². The van der Waals surface area contributed by atoms with Crippen molar-refractivity contribution in [2.75, 3.05) is 6.61 Å². The first-order chi connectivity index (χ1) is 35.2. The highest BCUT2D eigenvalue weighted by molar-refractivity contribution is 5.76. The van der Waals surface area contributed by atoms with Gasteiger partial charge in [-0.05, 0) is 96.3 Å². The Hall–Kier alpha value is -3.21. The summed E-state index contributed by atoms with van der Waals surface area (Å²) in [5.41, 5.74) is 0. The highest BCUT2D eigenvalue weighted by Crippen LogP contribution is 2.16. The molecule has 4 heteroatoms. The van der Waals surface area contributed by atoms with Gasteiger partial charge in [0.1, 0.15) is 0 Å². The highest BCUT2D eigenvalue weighted by atomic mass is 16.3. The molecule has 0 aromatic rings. The third-order valence-electron chi connectivity index (χ3n) is 13.2. The van der Waals surface area contributed by atoms with Crippen LogP contribution in [0, 0.1) is 0 Å². The Morgan fingerprint density at radius 3 is 0.986 bits per heavy atom. The van der Waals surface area contributed by atoms with Gasteiger partial charge in [0.25, 0.3) is 0 Å². The number of hydrogen-bond acceptors (Lipinski definition) is 3. The number of carbonyl (C=O) groups excluding carboxylic acids is 1. The number of aliphatic hydroxyl groups excluding tert-OH is 2. The molecule has 0 aromatic carbocycles. The minimum Gasteiger partial charge on any atom is -0.394 e. The van der Waals surface area contributed by atoms with Crippen LogP contribution in [-0.4, -0.2) is 34.9 Å². The Balaban J connectivity index is 3.63. The van der Waals surface area contributed by atoms with Gasteiger partial charge in [-0.2, -0.15) is 0 Å². The number of aliphatic hydroxyl groups is 2. The number of carbonyl (C=O) groups is 1. The molecule has 3 N–H and O–H groups in total. The van der Waals surface area contributed by atoms with E-state index in [2.05, 4.69) is 129 Å². The van der Waals surface area contributed by atoms with Crippen LogP contribution in [0.15, 0.2) is 122 Å². The molecule has 0 bridgehead atoms. The van der Waals surface area contributed by atoms with Crippen LogP contribution in [-0.2, 0) is 4.79 Å². The summed E-state index contributed by atoms with van der Waals surface area (Å²) in [6.07, 6.45) is 93.8. The Morgan fingerprint density at radius 2 is 0.634 bits per heavy atom. The molecule has 4 nitrogen and oxygen atoms in total. The topological polar surface area (TPSA) is 69.6 Å². The fraction of sp³-hybridized carbons (Fsp3) is 0.687. The number of rotatable bonds is 54. The predicted octanol–water partition coefficient (Wildman–Crippen LogP) is 20.4. The molecular formula is C67H115NO3. The summed E-state index contributed by atoms with van der Waals surface area (Å²) in [5.74, 6) is -0.101. The molecule has 0 aliphatic heterocycles. The molecule has 0 aliphatic rings. The molecule has 0 fully saturated rings. The van der Waals surface area contributed by atoms with Crippen LogP contribution in [0.5, 0.6) is 0 Å². The summed E-state index contributed by atoms with van der Waals surface area (Å²) in [5, 5.41) is 23.2. The van der Waals surface area contributed by atoms with Crippen LogP contribution < -0.4 is 5.32 Å². The molecule has 0 saturated carbocycles. The van der Waals surface area contributed by atoms with E-state index in [4.69, 9.17) is 0 Å². The fourth-order valence-electron chi connectivity index (χ4n) is 8.62. The maximum Gasteiger partial charge on any atom is 0.220 e. The number of nitrogens with one attached hydrogen (secondary N) is 1. The van der Waals surface area contributed by atoms with E-state index < -0.39 is 12.1 Å². The highest BCUT2D eigenvalue weighted by Gasteiger charge is 2.18. The van der Waals surface area contributed by atoms with Crippen molar-refractivity contribution in [1.82, 2.24) is 5.32 Å². The molecule has 0 aromatic heterocycles. The first-order valence-corrected chi connectivity index (χ1v) is 30.2. The zero-order chi connectivity index (χ0) is 51.3. The van der Waals surface area contributed by atoms with Gasteiger partial charge in [-0.25, -0.2) is 0 Å². The monoisotopic (exact) mass is 982 g/mol. The van der Waals surface area contributed by atoms with Crippen molar-refractivity contribution in [3.8, 4) is 0 Å². The van der Waals surface area contributed by atoms with E-state index in [1.165, 1.54) is 154 Å². The van der Waals surface area contributed by atoms with Gasteiger partial charge in [0.15, 0.2) is 0 Å². The Bertz CT molecular complexity index is 1390. The predicted molar refractivity (Wildman–Crippen MR) is 317 cm³/mol. The van der Waals surface area contributed by atoms with E-state index >= 15 is 0 Å². The second-order valence-electron chi connectivity index (χ2n) is 20.0. The van der Waals surface area contributed by atoms with Crippen LogP contribution in [0.2, 0.25) is 0 Å². The van der Waals surface area contributed by atoms with E-state index in [1.807, 2.05) is 6.08 Å². The van der Waals surface area contributed by atoms with E-state index in [-0.39, 0.29) is 12.5 Å². The molecule has 406 valence electrons. The van der Waals surface area contributed by atoms with Crippen molar-refractivity contribution in [2.45, 2.75) is 289 Å². The van der Waals surface area contributed by atoms with Crippen molar-refractivity contribution in [2.24, 2.45) is 0 Å². The molecule has 0 spiro atoms. The average Bonchev–Trinajstić information content (AvgIpc) is 3.37. The summed E-state index contributed by atoms with van der Waals surface area (Å²) in [7, 11) is 0. The molecule has 0 aliphatic carbocycles. The van der Waals surface area contributed by atoms with E-state index in [0.717, 1.165) is 103 Å². The molecule has 0 radical (unpaired) electrons. The molecule has 2 atom stereocenters. The zero-order valence-corrected chi connectivity index (χ0v) is 46.7. The van der Waals surface area contributed by atoms with Crippen LogP contribution in [0.3, 0.4) is 0 Å². The lowest BCUT2D eigenvalue weighted by Crippen LogP contribution is -2.45. The molecule has 1 amide bonds. The van der Waals surface area contributed by atoms with Gasteiger partial charge >= 0.3 is 0 Å². The van der Waals surface area contributed by atoms with Gasteiger partial charge in [0, 0.05) is 6.42 Å². The second-order valence-corrected chi connectivity index (χ2v) is 20.0. The van der Waals surface area contributed by atoms with Gasteiger partial charge in [0.05, 0.1) is 18.8 Å². The molecule has 0 rings (SSSR count). The van der Waals surface area contributed by atoms with E-state index in [9.17, 15) is 15.0 Å². The van der Waals surface area contributed by atoms with E-state index in [0.29, 0.717) is 6.42 Å². The standard InChI is InChI=1S/C67H115NO3/c1-3-5-7-9-11-13-15-17-19-21-23-25-27-29-31-33-35-36-38-40-42-44-46-48-50-52-54-56-58-60-62-66(70)65(64-69)68-67(71)63-61-59-57-55-53-51-49-47-45-43-41-39-37-34-32-30-28-26-24-22-20-18-16-14-12-10-8-6-4-2/h6,8,12,14,18,20,24,26,30,32,37,39,43,45,49,51-52,54,60,62,65-66,69-70H,3-5,7,9-11,13,15-17,19,21-23,25,27-29,31,33-36,38,40-42,44,46-48,50,53,55-59,61,63-64H2,1-2H3,(H,68,71)/b8-6-,14-12-,20-18-,26-24-,32-30-,39-37-,45-43-,51-49-,54-52+,62-60+. The maximum absolute atomic E-state index is 12.5. The smallest absolute Gasteiger partial charge is 0.220 e.